The van der Waals surface area contributed by atoms with Crippen LogP contribution >= 0.6 is 0 Å². The molecule has 0 unspecified atom stereocenters. The highest BCUT2D eigenvalue weighted by Gasteiger charge is 2.51. The van der Waals surface area contributed by atoms with Crippen LogP contribution in [0.1, 0.15) is 94.7 Å². The van der Waals surface area contributed by atoms with Gasteiger partial charge >= 0.3 is 12.1 Å². The third kappa shape index (κ3) is 5.31. The highest BCUT2D eigenvalue weighted by molar-refractivity contribution is 6.08. The molecule has 1 aromatic rings. The molecule has 2 saturated carbocycles. The predicted octanol–water partition coefficient (Wildman–Crippen LogP) is 7.71. The Hall–Kier alpha value is -2.37. The summed E-state index contributed by atoms with van der Waals surface area (Å²) in [5.74, 6) is 1.75. The summed E-state index contributed by atoms with van der Waals surface area (Å²) in [4.78, 5) is 26.3. The molecule has 3 aliphatic carbocycles. The Balaban J connectivity index is 1.27. The van der Waals surface area contributed by atoms with Crippen molar-refractivity contribution in [2.75, 3.05) is 0 Å². The van der Waals surface area contributed by atoms with Crippen molar-refractivity contribution in [1.29, 1.82) is 0 Å². The number of halogens is 3. The zero-order valence-corrected chi connectivity index (χ0v) is 21.9. The number of carbonyl (C=O) groups is 2. The Bertz CT molecular complexity index is 1130. The minimum absolute atomic E-state index is 0.0681. The van der Waals surface area contributed by atoms with Crippen molar-refractivity contribution in [3.63, 3.8) is 0 Å². The molecule has 0 amide bonds. The Kier molecular flexibility index (Phi) is 7.14. The van der Waals surface area contributed by atoms with Gasteiger partial charge in [0.25, 0.3) is 0 Å². The van der Waals surface area contributed by atoms with Gasteiger partial charge in [-0.15, -0.1) is 0 Å². The maximum Gasteiger partial charge on any atom is 0.416 e. The smallest absolute Gasteiger partial charge is 0.416 e. The fraction of sp³-hybridized carbons (Fsp3) is 0.613. The van der Waals surface area contributed by atoms with Gasteiger partial charge in [-0.25, -0.2) is 4.79 Å². The van der Waals surface area contributed by atoms with Gasteiger partial charge in [0, 0.05) is 17.6 Å². The van der Waals surface area contributed by atoms with Crippen LogP contribution in [-0.2, 0) is 33.3 Å². The predicted molar refractivity (Wildman–Crippen MR) is 136 cm³/mol. The lowest BCUT2D eigenvalue weighted by atomic mass is 9.66. The molecular weight excluding hydrogens is 477 g/mol. The molecule has 3 nitrogen and oxygen atoms in total. The van der Waals surface area contributed by atoms with Crippen molar-refractivity contribution in [2.24, 2.45) is 17.8 Å². The first-order chi connectivity index (χ1) is 17.6. The van der Waals surface area contributed by atoms with Crippen LogP contribution in [0.5, 0.6) is 0 Å². The number of ketones is 1. The van der Waals surface area contributed by atoms with Gasteiger partial charge in [-0.1, -0.05) is 37.5 Å². The zero-order valence-electron chi connectivity index (χ0n) is 21.9. The minimum atomic E-state index is -4.37. The highest BCUT2D eigenvalue weighted by Crippen LogP contribution is 2.49. The molecular formula is C31H37F3O3. The number of hydrogen-bond acceptors (Lipinski definition) is 3. The van der Waals surface area contributed by atoms with Gasteiger partial charge < -0.3 is 4.74 Å². The first kappa shape index (κ1) is 26.2. The molecule has 0 radical (unpaired) electrons. The summed E-state index contributed by atoms with van der Waals surface area (Å²) in [5.41, 5.74) is 2.04. The molecule has 1 aromatic carbocycles. The summed E-state index contributed by atoms with van der Waals surface area (Å²) in [7, 11) is 0. The van der Waals surface area contributed by atoms with Crippen LogP contribution in [0.2, 0.25) is 0 Å². The summed E-state index contributed by atoms with van der Waals surface area (Å²) in [5, 5.41) is 0. The first-order valence-corrected chi connectivity index (χ1v) is 13.9. The molecule has 0 bridgehead atoms. The number of fused-ring (bicyclic) bond motifs is 1. The van der Waals surface area contributed by atoms with Crippen molar-refractivity contribution < 1.29 is 27.5 Å². The molecule has 5 rings (SSSR count). The third-order valence-corrected chi connectivity index (χ3v) is 9.52. The van der Waals surface area contributed by atoms with Crippen molar-refractivity contribution in [3.05, 3.63) is 57.7 Å². The second-order valence-electron chi connectivity index (χ2n) is 11.9. The number of alkyl halides is 3. The molecule has 0 atom stereocenters. The summed E-state index contributed by atoms with van der Waals surface area (Å²) in [6.07, 6.45) is 7.85. The van der Waals surface area contributed by atoms with E-state index in [1.807, 2.05) is 6.08 Å². The monoisotopic (exact) mass is 514 g/mol. The van der Waals surface area contributed by atoms with Gasteiger partial charge in [0.2, 0.25) is 0 Å². The van der Waals surface area contributed by atoms with Crippen LogP contribution < -0.4 is 0 Å². The number of ether oxygens (including phenoxy) is 1. The quantitative estimate of drug-likeness (QED) is 0.305. The van der Waals surface area contributed by atoms with E-state index < -0.39 is 17.3 Å². The Morgan fingerprint density at radius 3 is 2.35 bits per heavy atom. The second kappa shape index (κ2) is 10.1. The van der Waals surface area contributed by atoms with Crippen LogP contribution in [-0.4, -0.2) is 17.4 Å². The average molecular weight is 515 g/mol. The molecule has 0 N–H and O–H groups in total. The third-order valence-electron chi connectivity index (χ3n) is 9.52. The molecule has 0 aromatic heterocycles. The molecule has 200 valence electrons. The number of aryl methyl sites for hydroxylation is 1. The van der Waals surface area contributed by atoms with Gasteiger partial charge in [0.15, 0.2) is 5.78 Å². The molecule has 1 spiro atoms. The van der Waals surface area contributed by atoms with Crippen molar-refractivity contribution in [2.45, 2.75) is 103 Å². The topological polar surface area (TPSA) is 43.4 Å². The number of rotatable bonds is 4. The van der Waals surface area contributed by atoms with Gasteiger partial charge in [-0.2, -0.15) is 13.2 Å². The molecule has 4 aliphatic rings. The highest BCUT2D eigenvalue weighted by atomic mass is 19.4. The molecule has 37 heavy (non-hydrogen) atoms. The normalized spacial score (nSPS) is 30.6. The number of Topliss-reactive ketones (excluding diaryl/α,β-unsaturated/α-hetero) is 1. The lowest BCUT2D eigenvalue weighted by Gasteiger charge is -2.41. The van der Waals surface area contributed by atoms with Crippen LogP contribution in [0.15, 0.2) is 41.0 Å². The molecule has 1 heterocycles. The first-order valence-electron chi connectivity index (χ1n) is 13.9. The van der Waals surface area contributed by atoms with E-state index in [2.05, 4.69) is 6.92 Å². The van der Waals surface area contributed by atoms with Gasteiger partial charge in [-0.3, -0.25) is 4.79 Å². The maximum atomic E-state index is 13.7. The SMILES string of the molecule is CC1=C(C(=O)CC2=CCc3cc(C(F)(F)F)ccc3CC2)C2(CCC(C3CCC(C)CC3)CC2)OC1=O. The van der Waals surface area contributed by atoms with Crippen LogP contribution in [0.25, 0.3) is 0 Å². The van der Waals surface area contributed by atoms with E-state index >= 15 is 0 Å². The van der Waals surface area contributed by atoms with Gasteiger partial charge in [-0.05, 0) is 106 Å². The van der Waals surface area contributed by atoms with Crippen molar-refractivity contribution in [1.82, 2.24) is 0 Å². The largest absolute Gasteiger partial charge is 0.451 e. The van der Waals surface area contributed by atoms with E-state index in [0.717, 1.165) is 41.9 Å². The van der Waals surface area contributed by atoms with Crippen molar-refractivity contribution >= 4 is 11.8 Å². The fourth-order valence-corrected chi connectivity index (χ4v) is 7.24. The van der Waals surface area contributed by atoms with Gasteiger partial charge in [0.05, 0.1) is 5.56 Å². The molecule has 1 aliphatic heterocycles. The zero-order chi connectivity index (χ0) is 26.4. The maximum absolute atomic E-state index is 13.7. The number of carbonyl (C=O) groups excluding carboxylic acids is 2. The fourth-order valence-electron chi connectivity index (χ4n) is 7.24. The molecule has 2 fully saturated rings. The lowest BCUT2D eigenvalue weighted by Crippen LogP contribution is -2.41. The average Bonchev–Trinajstić information content (AvgIpc) is 2.98. The molecule has 0 saturated heterocycles. The second-order valence-corrected chi connectivity index (χ2v) is 11.9. The standard InChI is InChI=1S/C31H37F3O3/c1-19-3-7-22(8-4-19)24-13-15-30(16-14-24)28(20(2)29(36)37-30)27(35)17-21-5-9-23-11-12-26(31(32,33)34)18-25(23)10-6-21/h6,11-12,18-19,22,24H,3-5,7-10,13-17H2,1-2H3. The van der Waals surface area contributed by atoms with E-state index in [4.69, 9.17) is 4.74 Å². The van der Waals surface area contributed by atoms with E-state index in [9.17, 15) is 22.8 Å². The Morgan fingerprint density at radius 2 is 1.68 bits per heavy atom. The minimum Gasteiger partial charge on any atom is -0.451 e. The summed E-state index contributed by atoms with van der Waals surface area (Å²) in [6, 6.07) is 3.93. The summed E-state index contributed by atoms with van der Waals surface area (Å²) < 4.78 is 45.4. The van der Waals surface area contributed by atoms with E-state index in [0.29, 0.717) is 54.7 Å². The Morgan fingerprint density at radius 1 is 1.00 bits per heavy atom. The number of esters is 1. The van der Waals surface area contributed by atoms with E-state index in [1.165, 1.54) is 31.7 Å². The Labute approximate surface area is 217 Å². The molecule has 6 heteroatoms. The number of hydrogen-bond donors (Lipinski definition) is 0. The van der Waals surface area contributed by atoms with Crippen LogP contribution in [0.4, 0.5) is 13.2 Å². The summed E-state index contributed by atoms with van der Waals surface area (Å²) in [6.45, 7) is 4.03. The van der Waals surface area contributed by atoms with Gasteiger partial charge in [0.1, 0.15) is 5.60 Å². The van der Waals surface area contributed by atoms with E-state index in [1.54, 1.807) is 13.0 Å². The van der Waals surface area contributed by atoms with Crippen LogP contribution in [0.3, 0.4) is 0 Å². The lowest BCUT2D eigenvalue weighted by molar-refractivity contribution is -0.150. The summed E-state index contributed by atoms with van der Waals surface area (Å²) >= 11 is 0. The van der Waals surface area contributed by atoms with E-state index in [-0.39, 0.29) is 18.2 Å². The number of allylic oxidation sites excluding steroid dienone is 2. The van der Waals surface area contributed by atoms with Crippen LogP contribution in [0, 0.1) is 17.8 Å². The van der Waals surface area contributed by atoms with Crippen molar-refractivity contribution in [3.8, 4) is 0 Å². The number of benzene rings is 1.